The zero-order chi connectivity index (χ0) is 17.7. The summed E-state index contributed by atoms with van der Waals surface area (Å²) in [4.78, 5) is 4.66. The monoisotopic (exact) mass is 337 g/mol. The average molecular weight is 338 g/mol. The number of rotatable bonds is 12. The van der Waals surface area contributed by atoms with Gasteiger partial charge >= 0.3 is 0 Å². The molecule has 1 aromatic heterocycles. The average Bonchev–Trinajstić information content (AvgIpc) is 2.66. The van der Waals surface area contributed by atoms with E-state index in [1.807, 2.05) is 0 Å². The number of nitrogens with zero attached hydrogens (tertiary/aromatic N) is 1. The lowest BCUT2D eigenvalue weighted by atomic mass is 10.0. The van der Waals surface area contributed by atoms with E-state index in [4.69, 9.17) is 0 Å². The van der Waals surface area contributed by atoms with Crippen LogP contribution >= 0.6 is 0 Å². The van der Waals surface area contributed by atoms with Crippen molar-refractivity contribution in [1.29, 1.82) is 0 Å². The molecule has 0 aliphatic carbocycles. The second kappa shape index (κ2) is 11.8. The Morgan fingerprint density at radius 3 is 1.84 bits per heavy atom. The third-order valence-electron chi connectivity index (χ3n) is 4.96. The van der Waals surface area contributed by atoms with Gasteiger partial charge in [0.1, 0.15) is 0 Å². The van der Waals surface area contributed by atoms with E-state index < -0.39 is 0 Å². The zero-order valence-electron chi connectivity index (χ0n) is 16.3. The van der Waals surface area contributed by atoms with E-state index in [-0.39, 0.29) is 0 Å². The highest BCUT2D eigenvalue weighted by Gasteiger charge is 2.01. The first-order valence-electron chi connectivity index (χ1n) is 10.4. The highest BCUT2D eigenvalue weighted by molar-refractivity contribution is 5.59. The van der Waals surface area contributed by atoms with Crippen LogP contribution < -0.4 is 0 Å². The standard InChI is InChI=1S/C24H35N/c1-3-5-7-8-9-11-12-21-14-17-23(18-15-21)24-19-16-22(20-25-24)13-10-6-4-2/h14-20H,3-13H2,1-2H3. The van der Waals surface area contributed by atoms with Gasteiger partial charge in [0.15, 0.2) is 0 Å². The van der Waals surface area contributed by atoms with E-state index in [1.54, 1.807) is 0 Å². The van der Waals surface area contributed by atoms with Crippen LogP contribution in [-0.4, -0.2) is 4.98 Å². The first-order chi connectivity index (χ1) is 12.3. The molecule has 0 radical (unpaired) electrons. The summed E-state index contributed by atoms with van der Waals surface area (Å²) in [5.41, 5.74) is 5.13. The van der Waals surface area contributed by atoms with Gasteiger partial charge in [-0.15, -0.1) is 0 Å². The zero-order valence-corrected chi connectivity index (χ0v) is 16.3. The topological polar surface area (TPSA) is 12.9 Å². The molecule has 0 saturated heterocycles. The summed E-state index contributed by atoms with van der Waals surface area (Å²) in [7, 11) is 0. The van der Waals surface area contributed by atoms with Crippen molar-refractivity contribution >= 4 is 0 Å². The maximum absolute atomic E-state index is 4.66. The van der Waals surface area contributed by atoms with E-state index in [1.165, 1.54) is 80.9 Å². The van der Waals surface area contributed by atoms with Crippen LogP contribution in [0.15, 0.2) is 42.6 Å². The van der Waals surface area contributed by atoms with Gasteiger partial charge in [-0.2, -0.15) is 0 Å². The van der Waals surface area contributed by atoms with Gasteiger partial charge < -0.3 is 0 Å². The van der Waals surface area contributed by atoms with Gasteiger partial charge in [-0.05, 0) is 42.9 Å². The molecule has 1 heteroatoms. The van der Waals surface area contributed by atoms with Gasteiger partial charge in [0.05, 0.1) is 5.69 Å². The van der Waals surface area contributed by atoms with Crippen molar-refractivity contribution in [1.82, 2.24) is 4.98 Å². The molecule has 136 valence electrons. The van der Waals surface area contributed by atoms with Crippen LogP contribution in [0.5, 0.6) is 0 Å². The van der Waals surface area contributed by atoms with Crippen LogP contribution in [0, 0.1) is 0 Å². The first-order valence-corrected chi connectivity index (χ1v) is 10.4. The Morgan fingerprint density at radius 2 is 1.16 bits per heavy atom. The lowest BCUT2D eigenvalue weighted by molar-refractivity contribution is 0.607. The fourth-order valence-electron chi connectivity index (χ4n) is 3.27. The highest BCUT2D eigenvalue weighted by Crippen LogP contribution is 2.19. The maximum atomic E-state index is 4.66. The van der Waals surface area contributed by atoms with Gasteiger partial charge in [-0.1, -0.05) is 89.1 Å². The predicted octanol–water partition coefficient (Wildman–Crippen LogP) is 7.38. The Labute approximate surface area is 154 Å². The fraction of sp³-hybridized carbons (Fsp3) is 0.542. The minimum Gasteiger partial charge on any atom is -0.256 e. The van der Waals surface area contributed by atoms with Gasteiger partial charge in [0.25, 0.3) is 0 Å². The summed E-state index contributed by atoms with van der Waals surface area (Å²) in [5, 5.41) is 0. The van der Waals surface area contributed by atoms with Crippen molar-refractivity contribution in [2.24, 2.45) is 0 Å². The molecule has 2 aromatic rings. The van der Waals surface area contributed by atoms with Crippen molar-refractivity contribution in [2.75, 3.05) is 0 Å². The minimum absolute atomic E-state index is 1.09. The van der Waals surface area contributed by atoms with Crippen LogP contribution in [0.25, 0.3) is 11.3 Å². The summed E-state index contributed by atoms with van der Waals surface area (Å²) in [6, 6.07) is 13.4. The van der Waals surface area contributed by atoms with Crippen LogP contribution in [0.3, 0.4) is 0 Å². The van der Waals surface area contributed by atoms with Gasteiger partial charge in [0, 0.05) is 11.8 Å². The number of aromatic nitrogens is 1. The Bertz CT molecular complexity index is 568. The number of benzene rings is 1. The first kappa shape index (κ1) is 19.7. The quantitative estimate of drug-likeness (QED) is 0.368. The van der Waals surface area contributed by atoms with Crippen molar-refractivity contribution in [3.63, 3.8) is 0 Å². The van der Waals surface area contributed by atoms with Crippen LogP contribution in [0.2, 0.25) is 0 Å². The van der Waals surface area contributed by atoms with Gasteiger partial charge in [-0.3, -0.25) is 4.98 Å². The summed E-state index contributed by atoms with van der Waals surface area (Å²) >= 11 is 0. The molecule has 0 unspecified atom stereocenters. The number of unbranched alkanes of at least 4 members (excludes halogenated alkanes) is 7. The van der Waals surface area contributed by atoms with E-state index >= 15 is 0 Å². The molecule has 0 amide bonds. The van der Waals surface area contributed by atoms with Crippen molar-refractivity contribution in [2.45, 2.75) is 84.5 Å². The van der Waals surface area contributed by atoms with E-state index in [0.29, 0.717) is 0 Å². The lowest BCUT2D eigenvalue weighted by Crippen LogP contribution is -1.90. The largest absolute Gasteiger partial charge is 0.256 e. The maximum Gasteiger partial charge on any atom is 0.0702 e. The second-order valence-electron chi connectivity index (χ2n) is 7.22. The molecule has 1 nitrogen and oxygen atoms in total. The molecular weight excluding hydrogens is 302 g/mol. The second-order valence-corrected chi connectivity index (χ2v) is 7.22. The number of pyridine rings is 1. The van der Waals surface area contributed by atoms with Gasteiger partial charge in [-0.25, -0.2) is 0 Å². The number of hydrogen-bond donors (Lipinski definition) is 0. The van der Waals surface area contributed by atoms with Crippen molar-refractivity contribution < 1.29 is 0 Å². The Kier molecular flexibility index (Phi) is 9.33. The molecule has 0 atom stereocenters. The molecule has 0 N–H and O–H groups in total. The van der Waals surface area contributed by atoms with Gasteiger partial charge in [0.2, 0.25) is 0 Å². The molecule has 0 bridgehead atoms. The summed E-state index contributed by atoms with van der Waals surface area (Å²) < 4.78 is 0. The Hall–Kier alpha value is -1.63. The molecule has 0 fully saturated rings. The molecule has 0 aliphatic rings. The lowest BCUT2D eigenvalue weighted by Gasteiger charge is -2.06. The summed E-state index contributed by atoms with van der Waals surface area (Å²) in [5.74, 6) is 0. The smallest absolute Gasteiger partial charge is 0.0702 e. The SMILES string of the molecule is CCCCCCCCc1ccc(-c2ccc(CCCCC)cn2)cc1. The molecule has 25 heavy (non-hydrogen) atoms. The molecule has 0 aliphatic heterocycles. The molecule has 2 rings (SSSR count). The number of aryl methyl sites for hydroxylation is 2. The molecular formula is C24H35N. The van der Waals surface area contributed by atoms with Crippen LogP contribution in [0.4, 0.5) is 0 Å². The Balaban J connectivity index is 1.79. The third kappa shape index (κ3) is 7.42. The predicted molar refractivity (Wildman–Crippen MR) is 110 cm³/mol. The minimum atomic E-state index is 1.09. The highest BCUT2D eigenvalue weighted by atomic mass is 14.7. The molecule has 0 spiro atoms. The molecule has 1 heterocycles. The van der Waals surface area contributed by atoms with Crippen molar-refractivity contribution in [3.8, 4) is 11.3 Å². The van der Waals surface area contributed by atoms with Crippen LogP contribution in [0.1, 0.15) is 82.8 Å². The van der Waals surface area contributed by atoms with E-state index in [9.17, 15) is 0 Å². The summed E-state index contributed by atoms with van der Waals surface area (Å²) in [6.07, 6.45) is 16.4. The van der Waals surface area contributed by atoms with Crippen LogP contribution in [-0.2, 0) is 12.8 Å². The third-order valence-corrected chi connectivity index (χ3v) is 4.96. The molecule has 1 aromatic carbocycles. The van der Waals surface area contributed by atoms with E-state index in [0.717, 1.165) is 12.1 Å². The fourth-order valence-corrected chi connectivity index (χ4v) is 3.27. The number of hydrogen-bond acceptors (Lipinski definition) is 1. The van der Waals surface area contributed by atoms with Crippen molar-refractivity contribution in [3.05, 3.63) is 53.7 Å². The summed E-state index contributed by atoms with van der Waals surface area (Å²) in [6.45, 7) is 4.52. The normalized spacial score (nSPS) is 11.0. The Morgan fingerprint density at radius 1 is 0.600 bits per heavy atom. The van der Waals surface area contributed by atoms with E-state index in [2.05, 4.69) is 61.4 Å². The molecule has 0 saturated carbocycles.